The van der Waals surface area contributed by atoms with Crippen molar-refractivity contribution < 1.29 is 22.7 Å². The zero-order chi connectivity index (χ0) is 16.3. The van der Waals surface area contributed by atoms with Crippen LogP contribution in [0.4, 0.5) is 17.6 Å². The molecule has 0 aromatic heterocycles. The standard InChI is InChI=1S/C16H15F4NO/c1-16(22,13-5-4-12(18)7-15(13)20)9-21-8-10-2-3-11(17)6-14(10)19/h2-7,21-22H,8-9H2,1H3. The first-order valence-corrected chi connectivity index (χ1v) is 6.62. The number of hydrogen-bond donors (Lipinski definition) is 2. The van der Waals surface area contributed by atoms with E-state index in [0.717, 1.165) is 24.3 Å². The molecule has 118 valence electrons. The predicted molar refractivity (Wildman–Crippen MR) is 74.0 cm³/mol. The lowest BCUT2D eigenvalue weighted by atomic mass is 9.95. The normalized spacial score (nSPS) is 13.9. The van der Waals surface area contributed by atoms with Crippen molar-refractivity contribution in [2.45, 2.75) is 19.1 Å². The van der Waals surface area contributed by atoms with Crippen molar-refractivity contribution in [2.75, 3.05) is 6.54 Å². The first kappa shape index (κ1) is 16.5. The Morgan fingerprint density at radius 2 is 1.55 bits per heavy atom. The van der Waals surface area contributed by atoms with Crippen LogP contribution in [0.2, 0.25) is 0 Å². The van der Waals surface area contributed by atoms with Crippen molar-refractivity contribution >= 4 is 0 Å². The van der Waals surface area contributed by atoms with Crippen LogP contribution in [0.5, 0.6) is 0 Å². The largest absolute Gasteiger partial charge is 0.384 e. The summed E-state index contributed by atoms with van der Waals surface area (Å²) in [6.07, 6.45) is 0. The number of benzene rings is 2. The third-order valence-corrected chi connectivity index (χ3v) is 3.31. The molecule has 0 spiro atoms. The number of halogens is 4. The molecule has 0 bridgehead atoms. The predicted octanol–water partition coefficient (Wildman–Crippen LogP) is 3.24. The van der Waals surface area contributed by atoms with Crippen LogP contribution in [0.1, 0.15) is 18.1 Å². The molecule has 2 nitrogen and oxygen atoms in total. The van der Waals surface area contributed by atoms with Crippen LogP contribution in [0.15, 0.2) is 36.4 Å². The minimum Gasteiger partial charge on any atom is -0.384 e. The molecule has 2 N–H and O–H groups in total. The molecule has 0 aliphatic heterocycles. The summed E-state index contributed by atoms with van der Waals surface area (Å²) in [5.41, 5.74) is -1.45. The van der Waals surface area contributed by atoms with Gasteiger partial charge in [0.25, 0.3) is 0 Å². The Morgan fingerprint density at radius 1 is 0.955 bits per heavy atom. The van der Waals surface area contributed by atoms with Crippen LogP contribution in [-0.2, 0) is 12.1 Å². The molecule has 0 radical (unpaired) electrons. The molecule has 2 aromatic rings. The van der Waals surface area contributed by atoms with Crippen LogP contribution >= 0.6 is 0 Å². The van der Waals surface area contributed by atoms with E-state index in [4.69, 9.17) is 0 Å². The first-order chi connectivity index (χ1) is 10.3. The molecule has 1 unspecified atom stereocenters. The molecule has 6 heteroatoms. The summed E-state index contributed by atoms with van der Waals surface area (Å²) in [6.45, 7) is 1.30. The minimum absolute atomic E-state index is 0.0328. The highest BCUT2D eigenvalue weighted by Crippen LogP contribution is 2.23. The molecule has 0 aliphatic carbocycles. The van der Waals surface area contributed by atoms with E-state index >= 15 is 0 Å². The lowest BCUT2D eigenvalue weighted by Crippen LogP contribution is -2.36. The second-order valence-corrected chi connectivity index (χ2v) is 5.24. The SMILES string of the molecule is CC(O)(CNCc1ccc(F)cc1F)c1ccc(F)cc1F. The quantitative estimate of drug-likeness (QED) is 0.831. The highest BCUT2D eigenvalue weighted by molar-refractivity contribution is 5.25. The number of hydrogen-bond acceptors (Lipinski definition) is 2. The van der Waals surface area contributed by atoms with Gasteiger partial charge in [-0.25, -0.2) is 17.6 Å². The van der Waals surface area contributed by atoms with E-state index < -0.39 is 28.9 Å². The second kappa shape index (κ2) is 6.46. The molecular weight excluding hydrogens is 298 g/mol. The summed E-state index contributed by atoms with van der Waals surface area (Å²) >= 11 is 0. The van der Waals surface area contributed by atoms with E-state index in [0.29, 0.717) is 6.07 Å². The molecule has 0 saturated carbocycles. The van der Waals surface area contributed by atoms with Crippen LogP contribution in [-0.4, -0.2) is 11.7 Å². The van der Waals surface area contributed by atoms with Crippen LogP contribution in [0.3, 0.4) is 0 Å². The Bertz CT molecular complexity index is 673. The Labute approximate surface area is 125 Å². The Balaban J connectivity index is 2.03. The van der Waals surface area contributed by atoms with Gasteiger partial charge in [0.2, 0.25) is 0 Å². The average molecular weight is 313 g/mol. The molecule has 1 atom stereocenters. The van der Waals surface area contributed by atoms with E-state index in [1.54, 1.807) is 0 Å². The lowest BCUT2D eigenvalue weighted by Gasteiger charge is -2.25. The van der Waals surface area contributed by atoms with Gasteiger partial charge in [-0.05, 0) is 19.1 Å². The fourth-order valence-corrected chi connectivity index (χ4v) is 2.13. The number of aliphatic hydroxyl groups is 1. The van der Waals surface area contributed by atoms with Crippen LogP contribution in [0.25, 0.3) is 0 Å². The van der Waals surface area contributed by atoms with Crippen molar-refractivity contribution in [3.63, 3.8) is 0 Å². The molecule has 0 heterocycles. The van der Waals surface area contributed by atoms with Gasteiger partial charge < -0.3 is 10.4 Å². The van der Waals surface area contributed by atoms with E-state index in [2.05, 4.69) is 5.32 Å². The molecule has 2 aromatic carbocycles. The van der Waals surface area contributed by atoms with Crippen molar-refractivity contribution in [1.29, 1.82) is 0 Å². The summed E-state index contributed by atoms with van der Waals surface area (Å²) in [5.74, 6) is -2.99. The summed E-state index contributed by atoms with van der Waals surface area (Å²) in [6, 6.07) is 6.05. The van der Waals surface area contributed by atoms with Gasteiger partial charge in [-0.15, -0.1) is 0 Å². The fourth-order valence-electron chi connectivity index (χ4n) is 2.13. The molecule has 0 saturated heterocycles. The zero-order valence-electron chi connectivity index (χ0n) is 11.8. The maximum absolute atomic E-state index is 13.7. The molecule has 22 heavy (non-hydrogen) atoms. The highest BCUT2D eigenvalue weighted by Gasteiger charge is 2.26. The summed E-state index contributed by atoms with van der Waals surface area (Å²) in [5, 5.41) is 13.0. The van der Waals surface area contributed by atoms with Gasteiger partial charge in [0.1, 0.15) is 28.9 Å². The molecule has 0 fully saturated rings. The number of nitrogens with one attached hydrogen (secondary N) is 1. The Hall–Kier alpha value is -1.92. The van der Waals surface area contributed by atoms with Gasteiger partial charge in [-0.2, -0.15) is 0 Å². The van der Waals surface area contributed by atoms with Gasteiger partial charge in [0.05, 0.1) is 0 Å². The second-order valence-electron chi connectivity index (χ2n) is 5.24. The fraction of sp³-hybridized carbons (Fsp3) is 0.250. The van der Waals surface area contributed by atoms with E-state index in [9.17, 15) is 22.7 Å². The maximum Gasteiger partial charge on any atom is 0.132 e. The van der Waals surface area contributed by atoms with Gasteiger partial charge in [0.15, 0.2) is 0 Å². The molecule has 0 aliphatic rings. The summed E-state index contributed by atoms with van der Waals surface area (Å²) < 4.78 is 52.8. The molecule has 2 rings (SSSR count). The van der Waals surface area contributed by atoms with Crippen molar-refractivity contribution in [2.24, 2.45) is 0 Å². The first-order valence-electron chi connectivity index (χ1n) is 6.62. The smallest absolute Gasteiger partial charge is 0.132 e. The maximum atomic E-state index is 13.7. The Morgan fingerprint density at radius 3 is 2.14 bits per heavy atom. The average Bonchev–Trinajstić information content (AvgIpc) is 2.40. The topological polar surface area (TPSA) is 32.3 Å². The Kier molecular flexibility index (Phi) is 4.83. The van der Waals surface area contributed by atoms with Gasteiger partial charge in [-0.1, -0.05) is 12.1 Å². The third-order valence-electron chi connectivity index (χ3n) is 3.31. The van der Waals surface area contributed by atoms with Gasteiger partial charge in [0, 0.05) is 36.3 Å². The summed E-state index contributed by atoms with van der Waals surface area (Å²) in [4.78, 5) is 0. The highest BCUT2D eigenvalue weighted by atomic mass is 19.1. The van der Waals surface area contributed by atoms with E-state index in [1.165, 1.54) is 13.0 Å². The van der Waals surface area contributed by atoms with E-state index in [1.807, 2.05) is 0 Å². The monoisotopic (exact) mass is 313 g/mol. The van der Waals surface area contributed by atoms with Crippen LogP contribution in [0, 0.1) is 23.3 Å². The molecular formula is C16H15F4NO. The number of rotatable bonds is 5. The summed E-state index contributed by atoms with van der Waals surface area (Å²) in [7, 11) is 0. The lowest BCUT2D eigenvalue weighted by molar-refractivity contribution is 0.0527. The van der Waals surface area contributed by atoms with Crippen molar-refractivity contribution in [3.8, 4) is 0 Å². The van der Waals surface area contributed by atoms with Crippen LogP contribution < -0.4 is 5.32 Å². The third kappa shape index (κ3) is 3.84. The van der Waals surface area contributed by atoms with Crippen molar-refractivity contribution in [3.05, 3.63) is 70.8 Å². The van der Waals surface area contributed by atoms with Crippen molar-refractivity contribution in [1.82, 2.24) is 5.32 Å². The van der Waals surface area contributed by atoms with Gasteiger partial charge >= 0.3 is 0 Å². The molecule has 0 amide bonds. The zero-order valence-corrected chi connectivity index (χ0v) is 11.8. The van der Waals surface area contributed by atoms with Gasteiger partial charge in [-0.3, -0.25) is 0 Å². The van der Waals surface area contributed by atoms with E-state index in [-0.39, 0.29) is 24.2 Å². The minimum atomic E-state index is -1.60.